The summed E-state index contributed by atoms with van der Waals surface area (Å²) in [5, 5.41) is 5.73. The highest BCUT2D eigenvalue weighted by Gasteiger charge is 2.26. The number of nitrogens with one attached hydrogen (secondary N) is 1. The normalized spacial score (nSPS) is 16.4. The molecule has 1 aromatic rings. The first kappa shape index (κ1) is 15.4. The Balaban J connectivity index is 1.76. The van der Waals surface area contributed by atoms with Gasteiger partial charge in [-0.25, -0.2) is 4.98 Å². The molecule has 1 aliphatic rings. The van der Waals surface area contributed by atoms with E-state index in [1.54, 1.807) is 0 Å². The lowest BCUT2D eigenvalue weighted by Gasteiger charge is -2.19. The third kappa shape index (κ3) is 4.56. The average Bonchev–Trinajstić information content (AvgIpc) is 3.15. The van der Waals surface area contributed by atoms with E-state index in [1.165, 1.54) is 24.2 Å². The van der Waals surface area contributed by atoms with Crippen LogP contribution in [0.3, 0.4) is 0 Å². The molecule has 1 aliphatic carbocycles. The number of thiazole rings is 1. The van der Waals surface area contributed by atoms with Gasteiger partial charge in [0.25, 0.3) is 0 Å². The van der Waals surface area contributed by atoms with Gasteiger partial charge in [-0.2, -0.15) is 0 Å². The van der Waals surface area contributed by atoms with Crippen molar-refractivity contribution < 1.29 is 4.79 Å². The molecule has 0 aliphatic heterocycles. The highest BCUT2D eigenvalue weighted by molar-refractivity contribution is 7.13. The second-order valence-corrected chi connectivity index (χ2v) is 6.88. The van der Waals surface area contributed by atoms with Crippen molar-refractivity contribution in [2.45, 2.75) is 51.9 Å². The summed E-state index contributed by atoms with van der Waals surface area (Å²) >= 11 is 1.53. The molecular formula is C15H25N3OS. The number of carbonyl (C=O) groups excluding carboxylic acids is 1. The number of rotatable bonds is 8. The van der Waals surface area contributed by atoms with Gasteiger partial charge in [-0.1, -0.05) is 13.8 Å². The van der Waals surface area contributed by atoms with Crippen molar-refractivity contribution >= 4 is 22.4 Å². The number of anilines is 1. The Morgan fingerprint density at radius 3 is 2.85 bits per heavy atom. The van der Waals surface area contributed by atoms with E-state index >= 15 is 0 Å². The summed E-state index contributed by atoms with van der Waals surface area (Å²) in [7, 11) is 0. The molecule has 1 saturated carbocycles. The molecule has 0 bridgehead atoms. The first-order chi connectivity index (χ1) is 9.60. The molecule has 4 nitrogen and oxygen atoms in total. The fourth-order valence-electron chi connectivity index (χ4n) is 2.43. The van der Waals surface area contributed by atoms with Crippen LogP contribution in [0.15, 0.2) is 5.38 Å². The summed E-state index contributed by atoms with van der Waals surface area (Å²) in [6.45, 7) is 5.09. The van der Waals surface area contributed by atoms with Gasteiger partial charge in [0.1, 0.15) is 0 Å². The number of aromatic nitrogens is 1. The molecule has 1 aromatic heterocycles. The van der Waals surface area contributed by atoms with Crippen molar-refractivity contribution in [3.63, 3.8) is 0 Å². The summed E-state index contributed by atoms with van der Waals surface area (Å²) in [6, 6.07) is 0. The number of carbonyl (C=O) groups is 1. The monoisotopic (exact) mass is 295 g/mol. The summed E-state index contributed by atoms with van der Waals surface area (Å²) < 4.78 is 0. The standard InChI is InChI=1S/C15H25N3OS/c1-10(2)11(7-8-16)5-6-14(19)18-15-17-13(9-20-15)12-3-4-12/h9-12H,3-8,16H2,1-2H3,(H,17,18,19). The molecule has 1 fully saturated rings. The van der Waals surface area contributed by atoms with Gasteiger partial charge in [-0.05, 0) is 44.1 Å². The van der Waals surface area contributed by atoms with Crippen LogP contribution in [0.25, 0.3) is 0 Å². The fourth-order valence-corrected chi connectivity index (χ4v) is 3.24. The molecule has 5 heteroatoms. The van der Waals surface area contributed by atoms with Gasteiger partial charge in [-0.3, -0.25) is 4.79 Å². The Kier molecular flexibility index (Phi) is 5.54. The summed E-state index contributed by atoms with van der Waals surface area (Å²) in [5.74, 6) is 1.83. The number of hydrogen-bond acceptors (Lipinski definition) is 4. The molecule has 0 radical (unpaired) electrons. The first-order valence-electron chi connectivity index (χ1n) is 7.55. The zero-order valence-electron chi connectivity index (χ0n) is 12.4. The maximum Gasteiger partial charge on any atom is 0.226 e. The lowest BCUT2D eigenvalue weighted by Crippen LogP contribution is -2.18. The minimum Gasteiger partial charge on any atom is -0.330 e. The highest BCUT2D eigenvalue weighted by Crippen LogP contribution is 2.40. The van der Waals surface area contributed by atoms with Crippen molar-refractivity contribution in [2.24, 2.45) is 17.6 Å². The average molecular weight is 295 g/mol. The van der Waals surface area contributed by atoms with Crippen molar-refractivity contribution in [1.82, 2.24) is 4.98 Å². The van der Waals surface area contributed by atoms with Crippen LogP contribution in [0.1, 0.15) is 57.6 Å². The van der Waals surface area contributed by atoms with E-state index in [0.717, 1.165) is 23.7 Å². The molecule has 112 valence electrons. The van der Waals surface area contributed by atoms with E-state index in [-0.39, 0.29) is 5.91 Å². The predicted molar refractivity (Wildman–Crippen MR) is 84.0 cm³/mol. The van der Waals surface area contributed by atoms with Crippen LogP contribution in [0.5, 0.6) is 0 Å². The Labute approximate surface area is 125 Å². The fraction of sp³-hybridized carbons (Fsp3) is 0.733. The van der Waals surface area contributed by atoms with E-state index < -0.39 is 0 Å². The van der Waals surface area contributed by atoms with Gasteiger partial charge in [0.15, 0.2) is 5.13 Å². The third-order valence-electron chi connectivity index (χ3n) is 3.99. The van der Waals surface area contributed by atoms with E-state index in [0.29, 0.717) is 30.7 Å². The van der Waals surface area contributed by atoms with Crippen LogP contribution in [-0.4, -0.2) is 17.4 Å². The Bertz CT molecular complexity index is 440. The van der Waals surface area contributed by atoms with Crippen LogP contribution >= 0.6 is 11.3 Å². The van der Waals surface area contributed by atoms with Crippen molar-refractivity contribution in [3.05, 3.63) is 11.1 Å². The van der Waals surface area contributed by atoms with Crippen LogP contribution < -0.4 is 11.1 Å². The molecule has 1 amide bonds. The zero-order valence-corrected chi connectivity index (χ0v) is 13.2. The van der Waals surface area contributed by atoms with Crippen LogP contribution in [-0.2, 0) is 4.79 Å². The quantitative estimate of drug-likeness (QED) is 0.772. The summed E-state index contributed by atoms with van der Waals surface area (Å²) in [6.07, 6.45) is 4.94. The zero-order chi connectivity index (χ0) is 14.5. The maximum absolute atomic E-state index is 12.0. The van der Waals surface area contributed by atoms with Gasteiger partial charge in [0, 0.05) is 17.7 Å². The second-order valence-electron chi connectivity index (χ2n) is 6.02. The highest BCUT2D eigenvalue weighted by atomic mass is 32.1. The van der Waals surface area contributed by atoms with Gasteiger partial charge in [-0.15, -0.1) is 11.3 Å². The Morgan fingerprint density at radius 1 is 1.50 bits per heavy atom. The first-order valence-corrected chi connectivity index (χ1v) is 8.43. The lowest BCUT2D eigenvalue weighted by atomic mass is 9.88. The second kappa shape index (κ2) is 7.18. The third-order valence-corrected chi connectivity index (χ3v) is 4.76. The van der Waals surface area contributed by atoms with E-state index in [4.69, 9.17) is 5.73 Å². The molecule has 2 rings (SSSR count). The number of nitrogens with zero attached hydrogens (tertiary/aromatic N) is 1. The Morgan fingerprint density at radius 2 is 2.25 bits per heavy atom. The minimum absolute atomic E-state index is 0.0735. The molecule has 3 N–H and O–H groups in total. The number of hydrogen-bond donors (Lipinski definition) is 2. The van der Waals surface area contributed by atoms with Crippen LogP contribution in [0, 0.1) is 11.8 Å². The molecule has 0 saturated heterocycles. The van der Waals surface area contributed by atoms with Gasteiger partial charge < -0.3 is 11.1 Å². The van der Waals surface area contributed by atoms with Crippen LogP contribution in [0.4, 0.5) is 5.13 Å². The molecule has 1 heterocycles. The molecule has 20 heavy (non-hydrogen) atoms. The SMILES string of the molecule is CC(C)C(CCN)CCC(=O)Nc1nc(C2CC2)cs1. The van der Waals surface area contributed by atoms with E-state index in [2.05, 4.69) is 29.5 Å². The lowest BCUT2D eigenvalue weighted by molar-refractivity contribution is -0.116. The van der Waals surface area contributed by atoms with Gasteiger partial charge >= 0.3 is 0 Å². The van der Waals surface area contributed by atoms with E-state index in [1.807, 2.05) is 0 Å². The minimum atomic E-state index is 0.0735. The van der Waals surface area contributed by atoms with E-state index in [9.17, 15) is 4.79 Å². The van der Waals surface area contributed by atoms with Crippen molar-refractivity contribution in [1.29, 1.82) is 0 Å². The maximum atomic E-state index is 12.0. The largest absolute Gasteiger partial charge is 0.330 e. The molecular weight excluding hydrogens is 270 g/mol. The Hall–Kier alpha value is -0.940. The van der Waals surface area contributed by atoms with Crippen LogP contribution in [0.2, 0.25) is 0 Å². The van der Waals surface area contributed by atoms with Crippen molar-refractivity contribution in [3.8, 4) is 0 Å². The summed E-state index contributed by atoms with van der Waals surface area (Å²) in [5.41, 5.74) is 6.77. The molecule has 0 aromatic carbocycles. The molecule has 0 spiro atoms. The summed E-state index contributed by atoms with van der Waals surface area (Å²) in [4.78, 5) is 16.4. The van der Waals surface area contributed by atoms with Gasteiger partial charge in [0.05, 0.1) is 5.69 Å². The smallest absolute Gasteiger partial charge is 0.226 e. The predicted octanol–water partition coefficient (Wildman–Crippen LogP) is 3.36. The van der Waals surface area contributed by atoms with Gasteiger partial charge in [0.2, 0.25) is 5.91 Å². The number of amides is 1. The molecule has 1 unspecified atom stereocenters. The number of nitrogens with two attached hydrogens (primary N) is 1. The topological polar surface area (TPSA) is 68.0 Å². The van der Waals surface area contributed by atoms with Crippen molar-refractivity contribution in [2.75, 3.05) is 11.9 Å². The molecule has 1 atom stereocenters.